The predicted octanol–water partition coefficient (Wildman–Crippen LogP) is 5.21. The van der Waals surface area contributed by atoms with E-state index in [9.17, 15) is 9.59 Å². The second-order valence-electron chi connectivity index (χ2n) is 6.54. The second kappa shape index (κ2) is 10.7. The maximum Gasteiger partial charge on any atom is 0.329 e. The third-order valence-corrected chi connectivity index (χ3v) is 5.23. The van der Waals surface area contributed by atoms with E-state index in [0.29, 0.717) is 17.2 Å². The van der Waals surface area contributed by atoms with Crippen molar-refractivity contribution >= 4 is 46.8 Å². The molecule has 0 aliphatic rings. The van der Waals surface area contributed by atoms with Gasteiger partial charge in [0, 0.05) is 5.02 Å². The normalized spacial score (nSPS) is 11.8. The fourth-order valence-electron chi connectivity index (χ4n) is 2.80. The highest BCUT2D eigenvalue weighted by Gasteiger charge is 2.23. The molecule has 0 aliphatic carbocycles. The van der Waals surface area contributed by atoms with Crippen LogP contribution in [-0.4, -0.2) is 29.9 Å². The van der Waals surface area contributed by atoms with E-state index in [1.807, 2.05) is 32.2 Å². The lowest BCUT2D eigenvalue weighted by Crippen LogP contribution is -2.42. The lowest BCUT2D eigenvalue weighted by Gasteiger charge is -2.18. The van der Waals surface area contributed by atoms with Gasteiger partial charge in [0.05, 0.1) is 10.6 Å². The van der Waals surface area contributed by atoms with Crippen LogP contribution < -0.4 is 5.32 Å². The highest BCUT2D eigenvalue weighted by molar-refractivity contribution is 7.98. The number of hydrogen-bond acceptors (Lipinski definition) is 4. The highest BCUT2D eigenvalue weighted by atomic mass is 35.5. The topological polar surface area (TPSA) is 55.4 Å². The van der Waals surface area contributed by atoms with Crippen LogP contribution in [0.15, 0.2) is 36.4 Å². The first kappa shape index (κ1) is 22.6. The van der Waals surface area contributed by atoms with E-state index in [-0.39, 0.29) is 17.2 Å². The van der Waals surface area contributed by atoms with Gasteiger partial charge in [0.15, 0.2) is 0 Å². The van der Waals surface area contributed by atoms with Crippen molar-refractivity contribution in [3.8, 4) is 0 Å². The van der Waals surface area contributed by atoms with Crippen molar-refractivity contribution in [2.75, 3.05) is 12.0 Å². The van der Waals surface area contributed by atoms with Crippen molar-refractivity contribution < 1.29 is 14.3 Å². The van der Waals surface area contributed by atoms with Crippen molar-refractivity contribution in [2.24, 2.45) is 0 Å². The molecule has 1 amide bonds. The Hall–Kier alpha value is -1.69. The Morgan fingerprint density at radius 1 is 1.11 bits per heavy atom. The SMILES string of the molecule is CSCCC(NC(=O)c1ccc(Cl)cc1Cl)C(=O)OCc1cc(C)cc(C)c1. The Morgan fingerprint density at radius 2 is 1.79 bits per heavy atom. The molecule has 7 heteroatoms. The van der Waals surface area contributed by atoms with Crippen LogP contribution in [0.1, 0.15) is 33.5 Å². The molecule has 4 nitrogen and oxygen atoms in total. The summed E-state index contributed by atoms with van der Waals surface area (Å²) < 4.78 is 5.47. The Kier molecular flexibility index (Phi) is 8.67. The zero-order valence-corrected chi connectivity index (χ0v) is 18.4. The number of hydrogen-bond donors (Lipinski definition) is 1. The summed E-state index contributed by atoms with van der Waals surface area (Å²) in [5, 5.41) is 3.40. The van der Waals surface area contributed by atoms with E-state index < -0.39 is 17.9 Å². The van der Waals surface area contributed by atoms with Crippen molar-refractivity contribution in [1.29, 1.82) is 0 Å². The van der Waals surface area contributed by atoms with Gasteiger partial charge in [0.2, 0.25) is 0 Å². The summed E-state index contributed by atoms with van der Waals surface area (Å²) in [5.74, 6) is -0.194. The molecule has 0 aromatic heterocycles. The van der Waals surface area contributed by atoms with Crippen LogP contribution in [0.2, 0.25) is 10.0 Å². The minimum Gasteiger partial charge on any atom is -0.459 e. The molecule has 2 aromatic carbocycles. The fraction of sp³-hybridized carbons (Fsp3) is 0.333. The number of carbonyl (C=O) groups is 2. The Morgan fingerprint density at radius 3 is 2.39 bits per heavy atom. The quantitative estimate of drug-likeness (QED) is 0.573. The average molecular weight is 440 g/mol. The summed E-state index contributed by atoms with van der Waals surface area (Å²) in [7, 11) is 0. The molecule has 0 heterocycles. The molecule has 150 valence electrons. The lowest BCUT2D eigenvalue weighted by atomic mass is 10.1. The second-order valence-corrected chi connectivity index (χ2v) is 8.36. The number of ether oxygens (including phenoxy) is 1. The van der Waals surface area contributed by atoms with Gasteiger partial charge in [-0.05, 0) is 56.0 Å². The third-order valence-electron chi connectivity index (χ3n) is 4.04. The highest BCUT2D eigenvalue weighted by Crippen LogP contribution is 2.21. The summed E-state index contributed by atoms with van der Waals surface area (Å²) in [5.41, 5.74) is 3.40. The summed E-state index contributed by atoms with van der Waals surface area (Å²) >= 11 is 13.6. The molecule has 2 rings (SSSR count). The van der Waals surface area contributed by atoms with Crippen LogP contribution in [-0.2, 0) is 16.1 Å². The summed E-state index contributed by atoms with van der Waals surface area (Å²) in [4.78, 5) is 25.2. The molecule has 0 saturated heterocycles. The minimum atomic E-state index is -0.752. The molecule has 2 aromatic rings. The number of amides is 1. The van der Waals surface area contributed by atoms with Crippen LogP contribution in [0.5, 0.6) is 0 Å². The Bertz CT molecular complexity index is 837. The number of thioether (sulfide) groups is 1. The van der Waals surface area contributed by atoms with Crippen molar-refractivity contribution in [3.63, 3.8) is 0 Å². The van der Waals surface area contributed by atoms with Crippen LogP contribution in [0.4, 0.5) is 0 Å². The van der Waals surface area contributed by atoms with Gasteiger partial charge in [-0.15, -0.1) is 0 Å². The van der Waals surface area contributed by atoms with E-state index in [1.165, 1.54) is 12.1 Å². The van der Waals surface area contributed by atoms with E-state index in [2.05, 4.69) is 11.4 Å². The molecular weight excluding hydrogens is 417 g/mol. The van der Waals surface area contributed by atoms with Crippen LogP contribution in [0.3, 0.4) is 0 Å². The molecule has 28 heavy (non-hydrogen) atoms. The number of aryl methyl sites for hydroxylation is 2. The molecule has 0 radical (unpaired) electrons. The van der Waals surface area contributed by atoms with Gasteiger partial charge in [0.1, 0.15) is 12.6 Å². The first-order valence-electron chi connectivity index (χ1n) is 8.79. The molecule has 1 atom stereocenters. The number of benzene rings is 2. The first-order valence-corrected chi connectivity index (χ1v) is 10.9. The molecule has 0 bridgehead atoms. The van der Waals surface area contributed by atoms with Crippen LogP contribution >= 0.6 is 35.0 Å². The zero-order valence-electron chi connectivity index (χ0n) is 16.1. The Balaban J connectivity index is 2.06. The number of nitrogens with one attached hydrogen (secondary N) is 1. The number of halogens is 2. The van der Waals surface area contributed by atoms with Gasteiger partial charge in [-0.25, -0.2) is 4.79 Å². The van der Waals surface area contributed by atoms with E-state index in [1.54, 1.807) is 17.8 Å². The molecule has 0 spiro atoms. The first-order chi connectivity index (χ1) is 13.3. The molecule has 1 unspecified atom stereocenters. The Labute approximate surface area is 179 Å². The minimum absolute atomic E-state index is 0.161. The molecular formula is C21H23Cl2NO3S. The van der Waals surface area contributed by atoms with Gasteiger partial charge >= 0.3 is 5.97 Å². The molecule has 0 fully saturated rings. The van der Waals surface area contributed by atoms with Gasteiger partial charge in [-0.1, -0.05) is 52.5 Å². The largest absolute Gasteiger partial charge is 0.459 e. The summed E-state index contributed by atoms with van der Waals surface area (Å²) in [6.45, 7) is 4.15. The van der Waals surface area contributed by atoms with Gasteiger partial charge < -0.3 is 10.1 Å². The summed E-state index contributed by atoms with van der Waals surface area (Å²) in [6.07, 6.45) is 2.40. The fourth-order valence-corrected chi connectivity index (χ4v) is 3.77. The summed E-state index contributed by atoms with van der Waals surface area (Å²) in [6, 6.07) is 9.87. The van der Waals surface area contributed by atoms with Gasteiger partial charge in [-0.3, -0.25) is 4.79 Å². The van der Waals surface area contributed by atoms with Gasteiger partial charge in [0.25, 0.3) is 5.91 Å². The van der Waals surface area contributed by atoms with Gasteiger partial charge in [-0.2, -0.15) is 11.8 Å². The van der Waals surface area contributed by atoms with Crippen molar-refractivity contribution in [1.82, 2.24) is 5.32 Å². The van der Waals surface area contributed by atoms with E-state index >= 15 is 0 Å². The maximum absolute atomic E-state index is 12.6. The smallest absolute Gasteiger partial charge is 0.329 e. The number of carbonyl (C=O) groups excluding carboxylic acids is 2. The number of rotatable bonds is 8. The van der Waals surface area contributed by atoms with E-state index in [4.69, 9.17) is 27.9 Å². The van der Waals surface area contributed by atoms with Crippen molar-refractivity contribution in [3.05, 3.63) is 68.7 Å². The van der Waals surface area contributed by atoms with E-state index in [0.717, 1.165) is 16.7 Å². The standard InChI is InChI=1S/C21H23Cl2NO3S/c1-13-8-14(2)10-15(9-13)12-27-21(26)19(6-7-28-3)24-20(25)17-5-4-16(22)11-18(17)23/h4-5,8-11,19H,6-7,12H2,1-3H3,(H,24,25). The monoisotopic (exact) mass is 439 g/mol. The van der Waals surface area contributed by atoms with Crippen LogP contribution in [0.25, 0.3) is 0 Å². The maximum atomic E-state index is 12.6. The zero-order chi connectivity index (χ0) is 20.7. The molecule has 0 saturated carbocycles. The molecule has 0 aliphatic heterocycles. The molecule has 1 N–H and O–H groups in total. The predicted molar refractivity (Wildman–Crippen MR) is 116 cm³/mol. The number of esters is 1. The average Bonchev–Trinajstić information content (AvgIpc) is 2.62. The van der Waals surface area contributed by atoms with Crippen molar-refractivity contribution in [2.45, 2.75) is 32.9 Å². The van der Waals surface area contributed by atoms with Crippen LogP contribution in [0, 0.1) is 13.8 Å². The lowest BCUT2D eigenvalue weighted by molar-refractivity contribution is -0.147. The third kappa shape index (κ3) is 6.73.